The van der Waals surface area contributed by atoms with Crippen molar-refractivity contribution in [2.24, 2.45) is 11.8 Å². The van der Waals surface area contributed by atoms with E-state index in [1.807, 2.05) is 0 Å². The Kier molecular flexibility index (Phi) is 6.04. The van der Waals surface area contributed by atoms with E-state index < -0.39 is 0 Å². The number of H-pyrrole nitrogens is 1. The summed E-state index contributed by atoms with van der Waals surface area (Å²) >= 11 is 0. The Morgan fingerprint density at radius 3 is 2.72 bits per heavy atom. The largest absolute Gasteiger partial charge is 0.491 e. The average Bonchev–Trinajstić information content (AvgIpc) is 3.17. The lowest BCUT2D eigenvalue weighted by Crippen LogP contribution is -2.31. The fourth-order valence-corrected chi connectivity index (χ4v) is 3.34. The van der Waals surface area contributed by atoms with Gasteiger partial charge in [-0.1, -0.05) is 12.1 Å². The molecule has 1 saturated carbocycles. The number of hydrogen-bond donors (Lipinski definition) is 2. The lowest BCUT2D eigenvalue weighted by molar-refractivity contribution is 0.0940. The van der Waals surface area contributed by atoms with E-state index in [1.54, 1.807) is 24.4 Å². The van der Waals surface area contributed by atoms with Gasteiger partial charge in [0.15, 0.2) is 11.6 Å². The number of aromatic amines is 1. The highest BCUT2D eigenvalue weighted by Gasteiger charge is 2.22. The number of carbonyl (C=O) groups excluding carboxylic acids is 1. The fraction of sp³-hybridized carbons (Fsp3) is 0.474. The molecule has 0 saturated heterocycles. The van der Waals surface area contributed by atoms with Gasteiger partial charge in [-0.3, -0.25) is 9.89 Å². The molecule has 5 nitrogen and oxygen atoms in total. The Bertz CT molecular complexity index is 667. The van der Waals surface area contributed by atoms with Crippen LogP contribution in [0, 0.1) is 17.7 Å². The maximum atomic E-state index is 13.5. The maximum Gasteiger partial charge on any atom is 0.254 e. The number of nitrogens with one attached hydrogen (secondary N) is 2. The van der Waals surface area contributed by atoms with Crippen LogP contribution < -0.4 is 10.1 Å². The number of ether oxygens (including phenoxy) is 1. The first-order chi connectivity index (χ1) is 12.2. The van der Waals surface area contributed by atoms with Crippen molar-refractivity contribution in [3.05, 3.63) is 48.0 Å². The lowest BCUT2D eigenvalue weighted by atomic mass is 9.80. The number of hydrogen-bond acceptors (Lipinski definition) is 3. The molecule has 1 aromatic carbocycles. The Morgan fingerprint density at radius 1 is 1.24 bits per heavy atom. The zero-order chi connectivity index (χ0) is 17.5. The SMILES string of the molecule is O=C(NC[C@H]1CC[C@@H](CCOc2ccccc2F)CC1)c1cn[nH]c1. The molecule has 25 heavy (non-hydrogen) atoms. The highest BCUT2D eigenvalue weighted by Crippen LogP contribution is 2.30. The van der Waals surface area contributed by atoms with Gasteiger partial charge in [0.05, 0.1) is 18.4 Å². The molecule has 0 aliphatic heterocycles. The van der Waals surface area contributed by atoms with Crippen molar-refractivity contribution in [1.82, 2.24) is 15.5 Å². The summed E-state index contributed by atoms with van der Waals surface area (Å²) in [6, 6.07) is 6.52. The molecule has 2 aromatic rings. The van der Waals surface area contributed by atoms with Gasteiger partial charge in [0.25, 0.3) is 5.91 Å². The van der Waals surface area contributed by atoms with Crippen molar-refractivity contribution >= 4 is 5.91 Å². The van der Waals surface area contributed by atoms with Gasteiger partial charge in [-0.25, -0.2) is 4.39 Å². The molecule has 1 heterocycles. The second-order valence-corrected chi connectivity index (χ2v) is 6.65. The number of benzene rings is 1. The third-order valence-corrected chi connectivity index (χ3v) is 4.90. The van der Waals surface area contributed by atoms with E-state index in [0.717, 1.165) is 32.1 Å². The second kappa shape index (κ2) is 8.65. The molecular formula is C19H24FN3O2. The van der Waals surface area contributed by atoms with Crippen LogP contribution >= 0.6 is 0 Å². The highest BCUT2D eigenvalue weighted by atomic mass is 19.1. The number of halogens is 1. The third-order valence-electron chi connectivity index (χ3n) is 4.90. The van der Waals surface area contributed by atoms with Crippen LogP contribution in [-0.4, -0.2) is 29.3 Å². The second-order valence-electron chi connectivity index (χ2n) is 6.65. The van der Waals surface area contributed by atoms with E-state index >= 15 is 0 Å². The van der Waals surface area contributed by atoms with Gasteiger partial charge >= 0.3 is 0 Å². The molecule has 0 atom stereocenters. The van der Waals surface area contributed by atoms with E-state index in [2.05, 4.69) is 15.5 Å². The van der Waals surface area contributed by atoms with Crippen molar-refractivity contribution in [2.75, 3.05) is 13.2 Å². The van der Waals surface area contributed by atoms with E-state index in [0.29, 0.717) is 36.3 Å². The molecule has 0 spiro atoms. The molecule has 6 heteroatoms. The summed E-state index contributed by atoms with van der Waals surface area (Å²) in [5.41, 5.74) is 0.568. The van der Waals surface area contributed by atoms with Crippen molar-refractivity contribution in [3.63, 3.8) is 0 Å². The fourth-order valence-electron chi connectivity index (χ4n) is 3.34. The van der Waals surface area contributed by atoms with Crippen LogP contribution in [0.1, 0.15) is 42.5 Å². The first-order valence-electron chi connectivity index (χ1n) is 8.86. The minimum absolute atomic E-state index is 0.0749. The van der Waals surface area contributed by atoms with Crippen LogP contribution in [0.3, 0.4) is 0 Å². The first-order valence-corrected chi connectivity index (χ1v) is 8.86. The number of amides is 1. The van der Waals surface area contributed by atoms with E-state index in [1.165, 1.54) is 12.3 Å². The van der Waals surface area contributed by atoms with Crippen molar-refractivity contribution in [1.29, 1.82) is 0 Å². The normalized spacial score (nSPS) is 20.2. The number of nitrogens with zero attached hydrogens (tertiary/aromatic N) is 1. The predicted octanol–water partition coefficient (Wildman–Crippen LogP) is 3.55. The van der Waals surface area contributed by atoms with Crippen molar-refractivity contribution in [3.8, 4) is 5.75 Å². The molecular weight excluding hydrogens is 321 g/mol. The standard InChI is InChI=1S/C19H24FN3O2/c20-17-3-1-2-4-18(17)25-10-9-14-5-7-15(8-6-14)11-21-19(24)16-12-22-23-13-16/h1-4,12-15H,5-11H2,(H,21,24)(H,22,23)/t14-,15+. The molecule has 1 aromatic heterocycles. The molecule has 1 aliphatic carbocycles. The minimum atomic E-state index is -0.306. The quantitative estimate of drug-likeness (QED) is 0.806. The zero-order valence-electron chi connectivity index (χ0n) is 14.2. The number of aromatic nitrogens is 2. The third kappa shape index (κ3) is 5.05. The molecule has 3 rings (SSSR count). The summed E-state index contributed by atoms with van der Waals surface area (Å²) in [6.07, 6.45) is 8.55. The number of carbonyl (C=O) groups is 1. The molecule has 0 unspecified atom stereocenters. The topological polar surface area (TPSA) is 67.0 Å². The summed E-state index contributed by atoms with van der Waals surface area (Å²) in [5.74, 6) is 1.10. The monoisotopic (exact) mass is 345 g/mol. The van der Waals surface area contributed by atoms with Gasteiger partial charge in [0.2, 0.25) is 0 Å². The molecule has 1 amide bonds. The maximum absolute atomic E-state index is 13.5. The average molecular weight is 345 g/mol. The van der Waals surface area contributed by atoms with Gasteiger partial charge in [-0.05, 0) is 56.1 Å². The van der Waals surface area contributed by atoms with Crippen molar-refractivity contribution in [2.45, 2.75) is 32.1 Å². The summed E-state index contributed by atoms with van der Waals surface area (Å²) in [7, 11) is 0. The van der Waals surface area contributed by atoms with Crippen LogP contribution in [0.4, 0.5) is 4.39 Å². The van der Waals surface area contributed by atoms with Crippen LogP contribution in [0.2, 0.25) is 0 Å². The summed E-state index contributed by atoms with van der Waals surface area (Å²) < 4.78 is 19.0. The van der Waals surface area contributed by atoms with Gasteiger partial charge in [0.1, 0.15) is 0 Å². The van der Waals surface area contributed by atoms with Crippen molar-refractivity contribution < 1.29 is 13.9 Å². The highest BCUT2D eigenvalue weighted by molar-refractivity contribution is 5.93. The molecule has 0 bridgehead atoms. The number of para-hydroxylation sites is 1. The van der Waals surface area contributed by atoms with E-state index in [9.17, 15) is 9.18 Å². The summed E-state index contributed by atoms with van der Waals surface area (Å²) in [5, 5.41) is 9.40. The van der Waals surface area contributed by atoms with Gasteiger partial charge in [0, 0.05) is 12.7 Å². The Morgan fingerprint density at radius 2 is 2.00 bits per heavy atom. The van der Waals surface area contributed by atoms with Crippen LogP contribution in [0.5, 0.6) is 5.75 Å². The minimum Gasteiger partial charge on any atom is -0.491 e. The predicted molar refractivity (Wildman–Crippen MR) is 92.9 cm³/mol. The lowest BCUT2D eigenvalue weighted by Gasteiger charge is -2.28. The Hall–Kier alpha value is -2.37. The van der Waals surface area contributed by atoms with Crippen LogP contribution in [0.25, 0.3) is 0 Å². The van der Waals surface area contributed by atoms with Gasteiger partial charge in [-0.2, -0.15) is 5.10 Å². The summed E-state index contributed by atoms with van der Waals surface area (Å²) in [6.45, 7) is 1.26. The van der Waals surface area contributed by atoms with Crippen LogP contribution in [-0.2, 0) is 0 Å². The molecule has 1 aliphatic rings. The van der Waals surface area contributed by atoms with E-state index in [-0.39, 0.29) is 11.7 Å². The van der Waals surface area contributed by atoms with Crippen LogP contribution in [0.15, 0.2) is 36.7 Å². The zero-order valence-corrected chi connectivity index (χ0v) is 14.2. The molecule has 1 fully saturated rings. The molecule has 0 radical (unpaired) electrons. The summed E-state index contributed by atoms with van der Waals surface area (Å²) in [4.78, 5) is 11.9. The Balaban J connectivity index is 1.32. The number of rotatable bonds is 7. The molecule has 134 valence electrons. The Labute approximate surface area is 147 Å². The van der Waals surface area contributed by atoms with Gasteiger partial charge < -0.3 is 10.1 Å². The van der Waals surface area contributed by atoms with E-state index in [4.69, 9.17) is 4.74 Å². The van der Waals surface area contributed by atoms with Gasteiger partial charge in [-0.15, -0.1) is 0 Å². The smallest absolute Gasteiger partial charge is 0.254 e. The first kappa shape index (κ1) is 17.5. The molecule has 2 N–H and O–H groups in total.